The first-order valence-electron chi connectivity index (χ1n) is 7.28. The summed E-state index contributed by atoms with van der Waals surface area (Å²) in [5.74, 6) is 0.00915. The minimum atomic E-state index is -3.76. The quantitative estimate of drug-likeness (QED) is 0.411. The van der Waals surface area contributed by atoms with Crippen molar-refractivity contribution in [2.75, 3.05) is 26.1 Å². The van der Waals surface area contributed by atoms with Gasteiger partial charge in [0.05, 0.1) is 22.7 Å². The van der Waals surface area contributed by atoms with Gasteiger partial charge in [-0.15, -0.1) is 0 Å². The van der Waals surface area contributed by atoms with Gasteiger partial charge in [-0.2, -0.15) is 0 Å². The van der Waals surface area contributed by atoms with Crippen LogP contribution in [0.1, 0.15) is 10.4 Å². The minimum Gasteiger partial charge on any atom is -0.496 e. The molecule has 2 aromatic carbocycles. The second-order valence-electron chi connectivity index (χ2n) is 5.07. The minimum absolute atomic E-state index is 0.0244. The Balaban J connectivity index is 1.90. The lowest BCUT2D eigenvalue weighted by molar-refractivity contribution is 0.0447. The Morgan fingerprint density at radius 3 is 2.38 bits per heavy atom. The Hall–Kier alpha value is -2.49. The van der Waals surface area contributed by atoms with Crippen molar-refractivity contribution in [1.82, 2.24) is 0 Å². The lowest BCUT2D eigenvalue weighted by Crippen LogP contribution is -2.14. The summed E-state index contributed by atoms with van der Waals surface area (Å²) < 4.78 is 37.9. The SMILES string of the molecule is COc1cc(N)c(Cl)cc1C(=O)OCCOc1ccc(S(N)(=O)=O)cc1. The molecule has 0 radical (unpaired) electrons. The van der Waals surface area contributed by atoms with Gasteiger partial charge in [-0.1, -0.05) is 11.6 Å². The number of methoxy groups -OCH3 is 1. The molecule has 0 bridgehead atoms. The average Bonchev–Trinajstić information content (AvgIpc) is 2.60. The molecule has 2 aromatic rings. The number of hydrogen-bond donors (Lipinski definition) is 2. The first-order valence-corrected chi connectivity index (χ1v) is 9.20. The number of benzene rings is 2. The van der Waals surface area contributed by atoms with Crippen molar-refractivity contribution in [3.05, 3.63) is 47.0 Å². The number of carbonyl (C=O) groups is 1. The summed E-state index contributed by atoms with van der Waals surface area (Å²) >= 11 is 5.91. The number of primary sulfonamides is 1. The molecule has 0 saturated carbocycles. The van der Waals surface area contributed by atoms with Crippen molar-refractivity contribution in [2.45, 2.75) is 4.90 Å². The first kappa shape index (κ1) is 19.8. The Morgan fingerprint density at radius 2 is 1.81 bits per heavy atom. The van der Waals surface area contributed by atoms with Gasteiger partial charge in [0.15, 0.2) is 0 Å². The van der Waals surface area contributed by atoms with E-state index in [1.165, 1.54) is 43.5 Å². The Kier molecular flexibility index (Phi) is 6.30. The summed E-state index contributed by atoms with van der Waals surface area (Å²) in [6.07, 6.45) is 0. The van der Waals surface area contributed by atoms with Gasteiger partial charge in [-0.25, -0.2) is 18.4 Å². The highest BCUT2D eigenvalue weighted by Crippen LogP contribution is 2.29. The van der Waals surface area contributed by atoms with Gasteiger partial charge < -0.3 is 19.9 Å². The lowest BCUT2D eigenvalue weighted by Gasteiger charge is -2.11. The summed E-state index contributed by atoms with van der Waals surface area (Å²) in [4.78, 5) is 12.1. The monoisotopic (exact) mass is 400 g/mol. The second kappa shape index (κ2) is 8.26. The zero-order valence-electron chi connectivity index (χ0n) is 13.8. The van der Waals surface area contributed by atoms with Gasteiger partial charge in [0.25, 0.3) is 0 Å². The number of halogens is 1. The summed E-state index contributed by atoms with van der Waals surface area (Å²) in [7, 11) is -2.36. The number of ether oxygens (including phenoxy) is 3. The first-order chi connectivity index (χ1) is 12.2. The van der Waals surface area contributed by atoms with Crippen molar-refractivity contribution >= 4 is 33.3 Å². The van der Waals surface area contributed by atoms with Crippen LogP contribution < -0.4 is 20.3 Å². The predicted molar refractivity (Wildman–Crippen MR) is 96.0 cm³/mol. The molecule has 0 amide bonds. The molecule has 8 nitrogen and oxygen atoms in total. The van der Waals surface area contributed by atoms with Crippen LogP contribution in [0.25, 0.3) is 0 Å². The molecule has 0 fully saturated rings. The molecule has 0 unspecified atom stereocenters. The second-order valence-corrected chi connectivity index (χ2v) is 7.04. The van der Waals surface area contributed by atoms with Crippen LogP contribution in [0.5, 0.6) is 11.5 Å². The van der Waals surface area contributed by atoms with Gasteiger partial charge in [0, 0.05) is 6.07 Å². The van der Waals surface area contributed by atoms with E-state index in [1.54, 1.807) is 0 Å². The fourth-order valence-electron chi connectivity index (χ4n) is 1.99. The van der Waals surface area contributed by atoms with E-state index in [4.69, 9.17) is 36.7 Å². The lowest BCUT2D eigenvalue weighted by atomic mass is 10.2. The maximum atomic E-state index is 12.1. The fraction of sp³-hybridized carbons (Fsp3) is 0.188. The molecular formula is C16H17ClN2O6S. The van der Waals surface area contributed by atoms with Crippen LogP contribution in [-0.4, -0.2) is 34.7 Å². The number of sulfonamides is 1. The molecule has 140 valence electrons. The summed E-state index contributed by atoms with van der Waals surface area (Å²) in [6, 6.07) is 8.33. The summed E-state index contributed by atoms with van der Waals surface area (Å²) in [5.41, 5.74) is 6.09. The van der Waals surface area contributed by atoms with Crippen LogP contribution in [0.3, 0.4) is 0 Å². The van der Waals surface area contributed by atoms with E-state index in [-0.39, 0.29) is 40.1 Å². The van der Waals surface area contributed by atoms with Gasteiger partial charge >= 0.3 is 5.97 Å². The molecule has 0 aromatic heterocycles. The number of nitrogens with two attached hydrogens (primary N) is 2. The van der Waals surface area contributed by atoms with Gasteiger partial charge in [0.1, 0.15) is 30.3 Å². The molecule has 0 heterocycles. The van der Waals surface area contributed by atoms with Crippen molar-refractivity contribution < 1.29 is 27.4 Å². The molecule has 2 rings (SSSR count). The Labute approximate surface area is 155 Å². The summed E-state index contributed by atoms with van der Waals surface area (Å²) in [6.45, 7) is 0.0202. The zero-order chi connectivity index (χ0) is 19.3. The summed E-state index contributed by atoms with van der Waals surface area (Å²) in [5, 5.41) is 5.22. The number of rotatable bonds is 7. The Morgan fingerprint density at radius 1 is 1.15 bits per heavy atom. The van der Waals surface area contributed by atoms with Crippen molar-refractivity contribution in [3.8, 4) is 11.5 Å². The number of nitrogen functional groups attached to an aromatic ring is 1. The van der Waals surface area contributed by atoms with E-state index in [0.29, 0.717) is 5.75 Å². The van der Waals surface area contributed by atoms with Gasteiger partial charge in [-0.3, -0.25) is 0 Å². The van der Waals surface area contributed by atoms with Crippen molar-refractivity contribution in [2.24, 2.45) is 5.14 Å². The van der Waals surface area contributed by atoms with E-state index in [2.05, 4.69) is 0 Å². The molecule has 0 atom stereocenters. The van der Waals surface area contributed by atoms with Crippen molar-refractivity contribution in [1.29, 1.82) is 0 Å². The average molecular weight is 401 g/mol. The van der Waals surface area contributed by atoms with Crippen LogP contribution in [0.15, 0.2) is 41.3 Å². The highest BCUT2D eigenvalue weighted by molar-refractivity contribution is 7.89. The molecule has 0 spiro atoms. The van der Waals surface area contributed by atoms with Crippen LogP contribution in [-0.2, 0) is 14.8 Å². The molecule has 10 heteroatoms. The number of hydrogen-bond acceptors (Lipinski definition) is 7. The number of anilines is 1. The Bertz CT molecular complexity index is 900. The topological polar surface area (TPSA) is 131 Å². The van der Waals surface area contributed by atoms with E-state index in [0.717, 1.165) is 0 Å². The predicted octanol–water partition coefficient (Wildman–Crippen LogP) is 1.81. The highest BCUT2D eigenvalue weighted by Gasteiger charge is 2.16. The van der Waals surface area contributed by atoms with E-state index in [1.807, 2.05) is 0 Å². The molecule has 26 heavy (non-hydrogen) atoms. The highest BCUT2D eigenvalue weighted by atomic mass is 35.5. The van der Waals surface area contributed by atoms with Crippen molar-refractivity contribution in [3.63, 3.8) is 0 Å². The molecule has 0 saturated heterocycles. The van der Waals surface area contributed by atoms with Gasteiger partial charge in [0.2, 0.25) is 10.0 Å². The molecule has 0 aliphatic rings. The standard InChI is InChI=1S/C16H17ClN2O6S/c1-23-15-9-14(18)13(17)8-12(15)16(20)25-7-6-24-10-2-4-11(5-3-10)26(19,21)22/h2-5,8-9H,6-7,18H2,1H3,(H2,19,21,22). The largest absolute Gasteiger partial charge is 0.496 e. The van der Waals surface area contributed by atoms with Crippen LogP contribution >= 0.6 is 11.6 Å². The van der Waals surface area contributed by atoms with E-state index < -0.39 is 16.0 Å². The molecule has 4 N–H and O–H groups in total. The van der Waals surface area contributed by atoms with E-state index >= 15 is 0 Å². The van der Waals surface area contributed by atoms with Crippen LogP contribution in [0.4, 0.5) is 5.69 Å². The molecular weight excluding hydrogens is 384 g/mol. The third-order valence-corrected chi connectivity index (χ3v) is 4.53. The number of esters is 1. The van der Waals surface area contributed by atoms with Crippen LogP contribution in [0, 0.1) is 0 Å². The third kappa shape index (κ3) is 5.01. The number of carbonyl (C=O) groups excluding carboxylic acids is 1. The fourth-order valence-corrected chi connectivity index (χ4v) is 2.67. The maximum absolute atomic E-state index is 12.1. The molecule has 0 aliphatic heterocycles. The normalized spacial score (nSPS) is 11.0. The molecule has 0 aliphatic carbocycles. The van der Waals surface area contributed by atoms with Crippen LogP contribution in [0.2, 0.25) is 5.02 Å². The van der Waals surface area contributed by atoms with E-state index in [9.17, 15) is 13.2 Å². The van der Waals surface area contributed by atoms with Gasteiger partial charge in [-0.05, 0) is 30.3 Å². The third-order valence-electron chi connectivity index (χ3n) is 3.28. The maximum Gasteiger partial charge on any atom is 0.342 e. The zero-order valence-corrected chi connectivity index (χ0v) is 15.3. The smallest absolute Gasteiger partial charge is 0.342 e.